The normalized spacial score (nSPS) is 21.0. The van der Waals surface area contributed by atoms with Gasteiger partial charge in [-0.15, -0.1) is 0 Å². The minimum absolute atomic E-state index is 0.0333. The fourth-order valence-electron chi connectivity index (χ4n) is 4.72. The number of fused-ring (bicyclic) bond motifs is 3. The average Bonchev–Trinajstić information content (AvgIpc) is 3.05. The molecule has 3 aromatic rings. The van der Waals surface area contributed by atoms with E-state index in [-0.39, 0.29) is 17.8 Å². The molecule has 1 heterocycles. The molecule has 3 aromatic carbocycles. The highest BCUT2D eigenvalue weighted by Crippen LogP contribution is 2.47. The molecule has 0 radical (unpaired) electrons. The summed E-state index contributed by atoms with van der Waals surface area (Å²) in [5.74, 6) is 0.556. The van der Waals surface area contributed by atoms with E-state index in [0.29, 0.717) is 17.8 Å². The van der Waals surface area contributed by atoms with Gasteiger partial charge < -0.3 is 5.11 Å². The van der Waals surface area contributed by atoms with Crippen LogP contribution in [0.4, 0.5) is 11.4 Å². The van der Waals surface area contributed by atoms with Crippen molar-refractivity contribution in [2.24, 2.45) is 4.99 Å². The molecular formula is C28H24N4O. The summed E-state index contributed by atoms with van der Waals surface area (Å²) in [6.07, 6.45) is 0.603. The second kappa shape index (κ2) is 7.84. The molecule has 0 saturated heterocycles. The zero-order valence-corrected chi connectivity index (χ0v) is 18.6. The summed E-state index contributed by atoms with van der Waals surface area (Å²) < 4.78 is 0. The maximum atomic E-state index is 12.1. The largest absolute Gasteiger partial charge is 0.380 e. The van der Waals surface area contributed by atoms with E-state index in [1.54, 1.807) is 4.90 Å². The van der Waals surface area contributed by atoms with Crippen LogP contribution in [0.2, 0.25) is 0 Å². The highest BCUT2D eigenvalue weighted by atomic mass is 16.3. The van der Waals surface area contributed by atoms with Gasteiger partial charge in [-0.25, -0.2) is 4.99 Å². The van der Waals surface area contributed by atoms with Gasteiger partial charge in [0.25, 0.3) is 0 Å². The van der Waals surface area contributed by atoms with Gasteiger partial charge in [0.2, 0.25) is 0 Å². The molecule has 5 nitrogen and oxygen atoms in total. The van der Waals surface area contributed by atoms with Crippen LogP contribution in [0.25, 0.3) is 0 Å². The quantitative estimate of drug-likeness (QED) is 0.562. The number of nitrogens with one attached hydrogen (secondary N) is 1. The van der Waals surface area contributed by atoms with Gasteiger partial charge in [0, 0.05) is 12.1 Å². The van der Waals surface area contributed by atoms with Crippen LogP contribution in [0.15, 0.2) is 88.9 Å². The fraction of sp³-hybridized carbons (Fsp3) is 0.179. The Morgan fingerprint density at radius 1 is 0.970 bits per heavy atom. The number of benzene rings is 3. The molecule has 2 N–H and O–H groups in total. The lowest BCUT2D eigenvalue weighted by atomic mass is 9.86. The second-order valence-electron chi connectivity index (χ2n) is 8.72. The summed E-state index contributed by atoms with van der Waals surface area (Å²) in [6, 6.07) is 25.6. The van der Waals surface area contributed by atoms with Crippen LogP contribution in [0, 0.1) is 30.6 Å². The van der Waals surface area contributed by atoms with Crippen molar-refractivity contribution in [2.45, 2.75) is 32.3 Å². The molecule has 2 aliphatic rings. The van der Waals surface area contributed by atoms with E-state index >= 15 is 0 Å². The third-order valence-electron chi connectivity index (χ3n) is 6.46. The molecular weight excluding hydrogens is 408 g/mol. The predicted octanol–water partition coefficient (Wildman–Crippen LogP) is 5.49. The molecule has 0 spiro atoms. The van der Waals surface area contributed by atoms with Crippen molar-refractivity contribution in [3.63, 3.8) is 0 Å². The predicted molar refractivity (Wildman–Crippen MR) is 131 cm³/mol. The van der Waals surface area contributed by atoms with Crippen molar-refractivity contribution in [3.05, 3.63) is 106 Å². The van der Waals surface area contributed by atoms with Gasteiger partial charge in [-0.05, 0) is 61.2 Å². The fourth-order valence-corrected chi connectivity index (χ4v) is 4.72. The van der Waals surface area contributed by atoms with Gasteiger partial charge in [0.05, 0.1) is 11.3 Å². The second-order valence-corrected chi connectivity index (χ2v) is 8.72. The maximum Gasteiger partial charge on any atom is 0.149 e. The molecule has 0 amide bonds. The van der Waals surface area contributed by atoms with Crippen molar-refractivity contribution in [1.29, 1.82) is 10.7 Å². The minimum Gasteiger partial charge on any atom is -0.380 e. The molecule has 0 fully saturated rings. The van der Waals surface area contributed by atoms with Gasteiger partial charge in [0.15, 0.2) is 0 Å². The zero-order chi connectivity index (χ0) is 23.2. The third-order valence-corrected chi connectivity index (χ3v) is 6.46. The molecule has 1 aliphatic carbocycles. The summed E-state index contributed by atoms with van der Waals surface area (Å²) in [6.45, 7) is 4.02. The van der Waals surface area contributed by atoms with E-state index in [1.165, 1.54) is 0 Å². The summed E-state index contributed by atoms with van der Waals surface area (Å²) in [4.78, 5) is 6.60. The lowest BCUT2D eigenvalue weighted by Gasteiger charge is -2.28. The Bertz CT molecular complexity index is 1360. The smallest absolute Gasteiger partial charge is 0.149 e. The summed E-state index contributed by atoms with van der Waals surface area (Å²) in [7, 11) is 0. The number of aliphatic imine (C=N–C) groups is 1. The summed E-state index contributed by atoms with van der Waals surface area (Å²) in [5.41, 5.74) is 4.83. The number of aliphatic hydroxyl groups is 1. The molecule has 0 aromatic heterocycles. The topological polar surface area (TPSA) is 83.5 Å². The average molecular weight is 433 g/mol. The summed E-state index contributed by atoms with van der Waals surface area (Å²) in [5, 5.41) is 31.2. The van der Waals surface area contributed by atoms with Crippen LogP contribution in [-0.2, 0) is 12.0 Å². The zero-order valence-electron chi connectivity index (χ0n) is 18.6. The number of amidine groups is 2. The van der Waals surface area contributed by atoms with Crippen LogP contribution >= 0.6 is 0 Å². The van der Waals surface area contributed by atoms with Gasteiger partial charge >= 0.3 is 0 Å². The van der Waals surface area contributed by atoms with Gasteiger partial charge in [0.1, 0.15) is 23.3 Å². The van der Waals surface area contributed by atoms with E-state index in [2.05, 4.69) is 6.07 Å². The van der Waals surface area contributed by atoms with Gasteiger partial charge in [-0.1, -0.05) is 59.7 Å². The lowest BCUT2D eigenvalue weighted by molar-refractivity contribution is 0.0896. The SMILES string of the molecule is Cc1ccc(N=C2CC3(O)C(=C(C#N)C(=N)N2c2ccc(C)cc2)Cc2ccccc23)cc1. The first-order chi connectivity index (χ1) is 15.9. The van der Waals surface area contributed by atoms with Crippen molar-refractivity contribution < 1.29 is 5.11 Å². The number of hydrogen-bond donors (Lipinski definition) is 2. The number of rotatable bonds is 2. The first-order valence-electron chi connectivity index (χ1n) is 10.9. The molecule has 1 atom stereocenters. The highest BCUT2D eigenvalue weighted by Gasteiger charge is 2.48. The molecule has 33 heavy (non-hydrogen) atoms. The monoisotopic (exact) mass is 432 g/mol. The maximum absolute atomic E-state index is 12.1. The van der Waals surface area contributed by atoms with E-state index in [4.69, 9.17) is 10.4 Å². The van der Waals surface area contributed by atoms with Crippen LogP contribution < -0.4 is 4.90 Å². The van der Waals surface area contributed by atoms with Crippen molar-refractivity contribution in [1.82, 2.24) is 0 Å². The standard InChI is InChI=1S/C28H24N4O/c1-18-7-11-21(12-8-18)31-26-16-28(33)24-6-4-3-5-20(24)15-25(28)23(17-29)27(30)32(26)22-13-9-19(2)10-14-22/h3-14,30,33H,15-16H2,1-2H3. The molecule has 5 heteroatoms. The van der Waals surface area contributed by atoms with E-state index < -0.39 is 5.60 Å². The first kappa shape index (κ1) is 20.9. The minimum atomic E-state index is -1.39. The number of aryl methyl sites for hydroxylation is 2. The molecule has 0 saturated carbocycles. The third kappa shape index (κ3) is 3.45. The van der Waals surface area contributed by atoms with E-state index in [9.17, 15) is 10.4 Å². The lowest BCUT2D eigenvalue weighted by Crippen LogP contribution is -2.38. The molecule has 5 rings (SSSR count). The number of hydrogen-bond acceptors (Lipinski definition) is 4. The van der Waals surface area contributed by atoms with Crippen LogP contribution in [0.5, 0.6) is 0 Å². The van der Waals surface area contributed by atoms with Gasteiger partial charge in [-0.3, -0.25) is 10.3 Å². The Morgan fingerprint density at radius 2 is 1.61 bits per heavy atom. The summed E-state index contributed by atoms with van der Waals surface area (Å²) >= 11 is 0. The molecule has 162 valence electrons. The molecule has 1 aliphatic heterocycles. The Kier molecular flexibility index (Phi) is 4.96. The number of nitriles is 1. The molecule has 0 bridgehead atoms. The van der Waals surface area contributed by atoms with Gasteiger partial charge in [-0.2, -0.15) is 5.26 Å². The van der Waals surface area contributed by atoms with E-state index in [1.807, 2.05) is 86.6 Å². The number of anilines is 1. The highest BCUT2D eigenvalue weighted by molar-refractivity contribution is 6.27. The van der Waals surface area contributed by atoms with E-state index in [0.717, 1.165) is 33.6 Å². The van der Waals surface area contributed by atoms with Crippen LogP contribution in [0.3, 0.4) is 0 Å². The first-order valence-corrected chi connectivity index (χ1v) is 10.9. The van der Waals surface area contributed by atoms with Crippen LogP contribution in [-0.4, -0.2) is 16.8 Å². The van der Waals surface area contributed by atoms with Crippen molar-refractivity contribution >= 4 is 23.0 Å². The van der Waals surface area contributed by atoms with Crippen molar-refractivity contribution in [3.8, 4) is 6.07 Å². The Balaban J connectivity index is 1.75. The number of nitrogens with zero attached hydrogens (tertiary/aromatic N) is 3. The van der Waals surface area contributed by atoms with Crippen molar-refractivity contribution in [2.75, 3.05) is 4.90 Å². The van der Waals surface area contributed by atoms with Crippen LogP contribution in [0.1, 0.15) is 28.7 Å². The molecule has 1 unspecified atom stereocenters. The Hall–Kier alpha value is -4.01. The Morgan fingerprint density at radius 3 is 2.27 bits per heavy atom. The Labute approximate surface area is 193 Å².